The summed E-state index contributed by atoms with van der Waals surface area (Å²) in [5, 5.41) is 8.71. The second-order valence-electron chi connectivity index (χ2n) is 7.84. The number of para-hydroxylation sites is 1. The predicted octanol–water partition coefficient (Wildman–Crippen LogP) is 4.54. The number of aromatic nitrogens is 2. The molecular formula is C24H24F2N4O3. The van der Waals surface area contributed by atoms with Crippen molar-refractivity contribution in [3.63, 3.8) is 0 Å². The van der Waals surface area contributed by atoms with Crippen LogP contribution in [0.4, 0.5) is 31.8 Å². The zero-order valence-electron chi connectivity index (χ0n) is 17.9. The van der Waals surface area contributed by atoms with Gasteiger partial charge in [0.05, 0.1) is 24.7 Å². The first kappa shape index (κ1) is 22.6. The summed E-state index contributed by atoms with van der Waals surface area (Å²) in [4.78, 5) is 23.6. The van der Waals surface area contributed by atoms with E-state index in [1.54, 1.807) is 17.3 Å². The van der Waals surface area contributed by atoms with Crippen LogP contribution in [0.25, 0.3) is 0 Å². The molecule has 9 heteroatoms. The highest BCUT2D eigenvalue weighted by molar-refractivity contribution is 5.74. The van der Waals surface area contributed by atoms with Crippen molar-refractivity contribution in [1.29, 1.82) is 0 Å². The highest BCUT2D eigenvalue weighted by Crippen LogP contribution is 2.34. The Morgan fingerprint density at radius 3 is 2.52 bits per heavy atom. The standard InChI is InChI=1S/C24H24F2N4O3/c25-20-7-6-19(12-21(20)26)30(18-4-2-1-3-5-18)23-14-27-13-22(28-23)29-10-8-17(9-11-29)15-33-16-24(31)32/h1-7,12-14,17H,8-11,15-16H2,(H,31,32). The summed E-state index contributed by atoms with van der Waals surface area (Å²) in [7, 11) is 0. The lowest BCUT2D eigenvalue weighted by molar-refractivity contribution is -0.142. The van der Waals surface area contributed by atoms with E-state index in [1.807, 2.05) is 30.3 Å². The number of carboxylic acids is 1. The number of hydrogen-bond donors (Lipinski definition) is 1. The van der Waals surface area contributed by atoms with Crippen molar-refractivity contribution in [1.82, 2.24) is 9.97 Å². The first-order valence-electron chi connectivity index (χ1n) is 10.7. The van der Waals surface area contributed by atoms with Gasteiger partial charge in [-0.1, -0.05) is 18.2 Å². The zero-order valence-corrected chi connectivity index (χ0v) is 17.9. The number of carbonyl (C=O) groups is 1. The van der Waals surface area contributed by atoms with E-state index in [-0.39, 0.29) is 6.61 Å². The Kier molecular flexibility index (Phi) is 7.09. The average molecular weight is 454 g/mol. The molecule has 172 valence electrons. The minimum Gasteiger partial charge on any atom is -0.480 e. The molecule has 4 rings (SSSR count). The van der Waals surface area contributed by atoms with Crippen LogP contribution in [-0.2, 0) is 9.53 Å². The highest BCUT2D eigenvalue weighted by Gasteiger charge is 2.22. The molecule has 1 aromatic heterocycles. The Labute approximate surface area is 190 Å². The minimum absolute atomic E-state index is 0.285. The van der Waals surface area contributed by atoms with Crippen molar-refractivity contribution in [3.05, 3.63) is 72.6 Å². The SMILES string of the molecule is O=C(O)COCC1CCN(c2cncc(N(c3ccccc3)c3ccc(F)c(F)c3)n2)CC1. The summed E-state index contributed by atoms with van der Waals surface area (Å²) in [6.45, 7) is 1.60. The molecule has 0 atom stereocenters. The van der Waals surface area contributed by atoms with Crippen LogP contribution in [0.3, 0.4) is 0 Å². The number of nitrogens with zero attached hydrogens (tertiary/aromatic N) is 4. The number of benzene rings is 2. The molecular weight excluding hydrogens is 430 g/mol. The van der Waals surface area contributed by atoms with Gasteiger partial charge in [-0.15, -0.1) is 0 Å². The van der Waals surface area contributed by atoms with Crippen LogP contribution in [0, 0.1) is 17.6 Å². The molecule has 7 nitrogen and oxygen atoms in total. The van der Waals surface area contributed by atoms with Gasteiger partial charge in [0.2, 0.25) is 0 Å². The fourth-order valence-electron chi connectivity index (χ4n) is 3.86. The smallest absolute Gasteiger partial charge is 0.329 e. The van der Waals surface area contributed by atoms with Crippen molar-refractivity contribution in [2.24, 2.45) is 5.92 Å². The van der Waals surface area contributed by atoms with Crippen LogP contribution < -0.4 is 9.80 Å². The summed E-state index contributed by atoms with van der Waals surface area (Å²) in [6.07, 6.45) is 4.96. The number of aliphatic carboxylic acids is 1. The number of piperidine rings is 1. The van der Waals surface area contributed by atoms with E-state index in [0.29, 0.717) is 29.8 Å². The summed E-state index contributed by atoms with van der Waals surface area (Å²) >= 11 is 0. The van der Waals surface area contributed by atoms with Crippen LogP contribution in [0.2, 0.25) is 0 Å². The summed E-state index contributed by atoms with van der Waals surface area (Å²) in [5.41, 5.74) is 1.17. The molecule has 1 fully saturated rings. The number of halogens is 2. The van der Waals surface area contributed by atoms with Gasteiger partial charge < -0.3 is 14.7 Å². The quantitative estimate of drug-likeness (QED) is 0.535. The third-order valence-electron chi connectivity index (χ3n) is 5.53. The first-order chi connectivity index (χ1) is 16.0. The molecule has 1 saturated heterocycles. The van der Waals surface area contributed by atoms with Gasteiger partial charge in [0.25, 0.3) is 0 Å². The minimum atomic E-state index is -0.969. The third-order valence-corrected chi connectivity index (χ3v) is 5.53. The monoisotopic (exact) mass is 454 g/mol. The Morgan fingerprint density at radius 2 is 1.82 bits per heavy atom. The summed E-state index contributed by atoms with van der Waals surface area (Å²) < 4.78 is 32.8. The van der Waals surface area contributed by atoms with Crippen LogP contribution in [0.1, 0.15) is 12.8 Å². The Balaban J connectivity index is 1.54. The van der Waals surface area contributed by atoms with Crippen LogP contribution in [0.5, 0.6) is 0 Å². The molecule has 0 amide bonds. The second kappa shape index (κ2) is 10.4. The maximum atomic E-state index is 14.0. The maximum absolute atomic E-state index is 14.0. The van der Waals surface area contributed by atoms with Crippen molar-refractivity contribution < 1.29 is 23.4 Å². The lowest BCUT2D eigenvalue weighted by atomic mass is 9.98. The Morgan fingerprint density at radius 1 is 1.06 bits per heavy atom. The van der Waals surface area contributed by atoms with Crippen molar-refractivity contribution >= 4 is 29.0 Å². The van der Waals surface area contributed by atoms with Crippen molar-refractivity contribution in [2.45, 2.75) is 12.8 Å². The third kappa shape index (κ3) is 5.61. The maximum Gasteiger partial charge on any atom is 0.329 e. The number of carboxylic acid groups (broad SMARTS) is 1. The predicted molar refractivity (Wildman–Crippen MR) is 120 cm³/mol. The van der Waals surface area contributed by atoms with Gasteiger partial charge in [0.15, 0.2) is 17.5 Å². The lowest BCUT2D eigenvalue weighted by Gasteiger charge is -2.33. The van der Waals surface area contributed by atoms with Gasteiger partial charge in [-0.05, 0) is 43.0 Å². The van der Waals surface area contributed by atoms with Gasteiger partial charge in [0, 0.05) is 24.8 Å². The Bertz CT molecular complexity index is 1090. The molecule has 0 aliphatic carbocycles. The van der Waals surface area contributed by atoms with E-state index >= 15 is 0 Å². The van der Waals surface area contributed by atoms with Gasteiger partial charge in [-0.3, -0.25) is 9.88 Å². The normalized spacial score (nSPS) is 14.3. The average Bonchev–Trinajstić information content (AvgIpc) is 2.83. The van der Waals surface area contributed by atoms with E-state index in [2.05, 4.69) is 9.88 Å². The van der Waals surface area contributed by atoms with Gasteiger partial charge in [0.1, 0.15) is 12.4 Å². The largest absolute Gasteiger partial charge is 0.480 e. The topological polar surface area (TPSA) is 78.8 Å². The number of ether oxygens (including phenoxy) is 1. The molecule has 0 unspecified atom stereocenters. The summed E-state index contributed by atoms with van der Waals surface area (Å²) in [6, 6.07) is 13.0. The van der Waals surface area contributed by atoms with Gasteiger partial charge >= 0.3 is 5.97 Å². The van der Waals surface area contributed by atoms with E-state index in [4.69, 9.17) is 14.8 Å². The number of hydrogen-bond acceptors (Lipinski definition) is 6. The molecule has 0 saturated carbocycles. The molecule has 0 radical (unpaired) electrons. The van der Waals surface area contributed by atoms with E-state index in [1.165, 1.54) is 6.07 Å². The van der Waals surface area contributed by atoms with Crippen LogP contribution in [0.15, 0.2) is 60.9 Å². The number of rotatable bonds is 8. The molecule has 3 aromatic rings. The van der Waals surface area contributed by atoms with Crippen LogP contribution >= 0.6 is 0 Å². The van der Waals surface area contributed by atoms with E-state index < -0.39 is 17.6 Å². The van der Waals surface area contributed by atoms with Gasteiger partial charge in [-0.25, -0.2) is 18.6 Å². The van der Waals surface area contributed by atoms with E-state index in [0.717, 1.165) is 43.8 Å². The molecule has 2 aromatic carbocycles. The number of anilines is 4. The summed E-state index contributed by atoms with van der Waals surface area (Å²) in [5.74, 6) is -1.37. The lowest BCUT2D eigenvalue weighted by Crippen LogP contribution is -2.36. The second-order valence-corrected chi connectivity index (χ2v) is 7.84. The van der Waals surface area contributed by atoms with Crippen molar-refractivity contribution in [2.75, 3.05) is 36.1 Å². The van der Waals surface area contributed by atoms with Crippen molar-refractivity contribution in [3.8, 4) is 0 Å². The van der Waals surface area contributed by atoms with Gasteiger partial charge in [-0.2, -0.15) is 0 Å². The van der Waals surface area contributed by atoms with E-state index in [9.17, 15) is 13.6 Å². The molecule has 1 aliphatic rings. The van der Waals surface area contributed by atoms with Crippen LogP contribution in [-0.4, -0.2) is 47.3 Å². The fraction of sp³-hybridized carbons (Fsp3) is 0.292. The molecule has 2 heterocycles. The molecule has 1 N–H and O–H groups in total. The zero-order chi connectivity index (χ0) is 23.2. The molecule has 0 bridgehead atoms. The molecule has 0 spiro atoms. The Hall–Kier alpha value is -3.59. The fourth-order valence-corrected chi connectivity index (χ4v) is 3.86. The first-order valence-corrected chi connectivity index (χ1v) is 10.7. The molecule has 33 heavy (non-hydrogen) atoms. The molecule has 1 aliphatic heterocycles. The highest BCUT2D eigenvalue weighted by atomic mass is 19.2.